The minimum absolute atomic E-state index is 0.0725. The zero-order chi connectivity index (χ0) is 13.0. The molecular formula is C12H12ClIN2O. The van der Waals surface area contributed by atoms with Crippen LogP contribution in [-0.2, 0) is 0 Å². The molecule has 1 atom stereocenters. The van der Waals surface area contributed by atoms with Gasteiger partial charge in [0.25, 0.3) is 5.91 Å². The number of carbonyl (C=O) groups is 1. The summed E-state index contributed by atoms with van der Waals surface area (Å²) < 4.78 is 0.890. The number of benzene rings is 1. The molecule has 3 nitrogen and oxygen atoms in total. The van der Waals surface area contributed by atoms with Crippen LogP contribution in [0.3, 0.4) is 0 Å². The number of halogens is 2. The number of hydrogen-bond acceptors (Lipinski definition) is 2. The van der Waals surface area contributed by atoms with E-state index in [-0.39, 0.29) is 11.8 Å². The molecule has 0 saturated heterocycles. The van der Waals surface area contributed by atoms with Crippen LogP contribution in [0, 0.1) is 20.8 Å². The van der Waals surface area contributed by atoms with Gasteiger partial charge in [-0.3, -0.25) is 4.79 Å². The molecule has 5 heteroatoms. The van der Waals surface area contributed by atoms with Gasteiger partial charge in [-0.2, -0.15) is 5.26 Å². The van der Waals surface area contributed by atoms with Crippen molar-refractivity contribution in [2.45, 2.75) is 19.9 Å². The Bertz CT molecular complexity index is 468. The SMILES string of the molecule is CC(C)C(C#N)NC(=O)c1ccc(I)c(Cl)c1. The third-order valence-corrected chi connectivity index (χ3v) is 3.85. The number of nitrogens with one attached hydrogen (secondary N) is 1. The van der Waals surface area contributed by atoms with Crippen molar-refractivity contribution >= 4 is 40.1 Å². The van der Waals surface area contributed by atoms with Gasteiger partial charge in [-0.05, 0) is 46.7 Å². The van der Waals surface area contributed by atoms with Crippen molar-refractivity contribution in [3.05, 3.63) is 32.4 Å². The Morgan fingerprint density at radius 3 is 2.65 bits per heavy atom. The lowest BCUT2D eigenvalue weighted by molar-refractivity contribution is 0.0937. The standard InChI is InChI=1S/C12H12ClIN2O/c1-7(2)11(6-15)16-12(17)8-3-4-10(14)9(13)5-8/h3-5,7,11H,1-2H3,(H,16,17). The second-order valence-electron chi connectivity index (χ2n) is 3.95. The summed E-state index contributed by atoms with van der Waals surface area (Å²) in [6.45, 7) is 3.77. The summed E-state index contributed by atoms with van der Waals surface area (Å²) in [6, 6.07) is 6.65. The monoisotopic (exact) mass is 362 g/mol. The summed E-state index contributed by atoms with van der Waals surface area (Å²) in [5.41, 5.74) is 0.469. The quantitative estimate of drug-likeness (QED) is 0.839. The van der Waals surface area contributed by atoms with Gasteiger partial charge in [-0.1, -0.05) is 25.4 Å². The Hall–Kier alpha value is -0.800. The van der Waals surface area contributed by atoms with E-state index in [0.717, 1.165) is 3.57 Å². The Labute approximate surface area is 119 Å². The maximum absolute atomic E-state index is 11.9. The Kier molecular flexibility index (Phi) is 5.22. The smallest absolute Gasteiger partial charge is 0.252 e. The molecule has 1 N–H and O–H groups in total. The van der Waals surface area contributed by atoms with Crippen LogP contribution in [-0.4, -0.2) is 11.9 Å². The van der Waals surface area contributed by atoms with Crippen molar-refractivity contribution in [2.75, 3.05) is 0 Å². The molecule has 0 aromatic heterocycles. The van der Waals surface area contributed by atoms with Crippen LogP contribution in [0.5, 0.6) is 0 Å². The van der Waals surface area contributed by atoms with Crippen molar-refractivity contribution in [3.8, 4) is 6.07 Å². The highest BCUT2D eigenvalue weighted by molar-refractivity contribution is 14.1. The summed E-state index contributed by atoms with van der Waals surface area (Å²) in [5, 5.41) is 12.1. The van der Waals surface area contributed by atoms with Crippen molar-refractivity contribution < 1.29 is 4.79 Å². The molecule has 1 aromatic carbocycles. The maximum Gasteiger partial charge on any atom is 0.252 e. The summed E-state index contributed by atoms with van der Waals surface area (Å²) >= 11 is 8.03. The van der Waals surface area contributed by atoms with Gasteiger partial charge in [0.2, 0.25) is 0 Å². The molecule has 1 unspecified atom stereocenters. The number of carbonyl (C=O) groups excluding carboxylic acids is 1. The predicted octanol–water partition coefficient (Wildman–Crippen LogP) is 3.22. The van der Waals surface area contributed by atoms with Crippen LogP contribution >= 0.6 is 34.2 Å². The highest BCUT2D eigenvalue weighted by Gasteiger charge is 2.16. The van der Waals surface area contributed by atoms with Crippen LogP contribution in [0.15, 0.2) is 18.2 Å². The predicted molar refractivity (Wildman–Crippen MR) is 75.9 cm³/mol. The van der Waals surface area contributed by atoms with Crippen molar-refractivity contribution in [3.63, 3.8) is 0 Å². The lowest BCUT2D eigenvalue weighted by Crippen LogP contribution is -2.37. The van der Waals surface area contributed by atoms with Gasteiger partial charge < -0.3 is 5.32 Å². The summed E-state index contributed by atoms with van der Waals surface area (Å²) in [6.07, 6.45) is 0. The average molecular weight is 363 g/mol. The largest absolute Gasteiger partial charge is 0.336 e. The second kappa shape index (κ2) is 6.22. The number of nitriles is 1. The van der Waals surface area contributed by atoms with Gasteiger partial charge in [0.1, 0.15) is 6.04 Å². The van der Waals surface area contributed by atoms with Crippen LogP contribution in [0.25, 0.3) is 0 Å². The minimum atomic E-state index is -0.486. The van der Waals surface area contributed by atoms with E-state index in [2.05, 4.69) is 34.0 Å². The maximum atomic E-state index is 11.9. The molecule has 1 amide bonds. The van der Waals surface area contributed by atoms with E-state index in [4.69, 9.17) is 16.9 Å². The van der Waals surface area contributed by atoms with Gasteiger partial charge in [0.05, 0.1) is 11.1 Å². The van der Waals surface area contributed by atoms with Gasteiger partial charge in [0.15, 0.2) is 0 Å². The van der Waals surface area contributed by atoms with Gasteiger partial charge in [-0.15, -0.1) is 0 Å². The lowest BCUT2D eigenvalue weighted by atomic mass is 10.1. The Morgan fingerprint density at radius 1 is 1.53 bits per heavy atom. The van der Waals surface area contributed by atoms with Gasteiger partial charge in [-0.25, -0.2) is 0 Å². The highest BCUT2D eigenvalue weighted by Crippen LogP contribution is 2.19. The average Bonchev–Trinajstić information content (AvgIpc) is 2.28. The molecule has 0 heterocycles. The molecule has 0 radical (unpaired) electrons. The van der Waals surface area contributed by atoms with E-state index in [1.807, 2.05) is 13.8 Å². The first-order chi connectivity index (χ1) is 7.95. The highest BCUT2D eigenvalue weighted by atomic mass is 127. The van der Waals surface area contributed by atoms with Crippen LogP contribution in [0.4, 0.5) is 0 Å². The third-order valence-electron chi connectivity index (χ3n) is 2.27. The summed E-state index contributed by atoms with van der Waals surface area (Å²) in [4.78, 5) is 11.9. The second-order valence-corrected chi connectivity index (χ2v) is 5.52. The number of amides is 1. The zero-order valence-corrected chi connectivity index (χ0v) is 12.4. The van der Waals surface area contributed by atoms with E-state index in [1.54, 1.807) is 18.2 Å². The fourth-order valence-corrected chi connectivity index (χ4v) is 1.73. The number of rotatable bonds is 3. The molecule has 1 aromatic rings. The molecule has 1 rings (SSSR count). The molecule has 0 fully saturated rings. The Balaban J connectivity index is 2.83. The third kappa shape index (κ3) is 3.86. The number of hydrogen-bond donors (Lipinski definition) is 1. The first-order valence-electron chi connectivity index (χ1n) is 5.11. The van der Waals surface area contributed by atoms with Crippen molar-refractivity contribution in [1.82, 2.24) is 5.32 Å². The van der Waals surface area contributed by atoms with Crippen LogP contribution < -0.4 is 5.32 Å². The van der Waals surface area contributed by atoms with E-state index >= 15 is 0 Å². The molecule has 0 bridgehead atoms. The summed E-state index contributed by atoms with van der Waals surface area (Å²) in [5.74, 6) is -0.202. The Morgan fingerprint density at radius 2 is 2.18 bits per heavy atom. The first-order valence-corrected chi connectivity index (χ1v) is 6.57. The van der Waals surface area contributed by atoms with Crippen molar-refractivity contribution in [1.29, 1.82) is 5.26 Å². The van der Waals surface area contributed by atoms with E-state index < -0.39 is 6.04 Å². The van der Waals surface area contributed by atoms with Gasteiger partial charge >= 0.3 is 0 Å². The molecule has 90 valence electrons. The lowest BCUT2D eigenvalue weighted by Gasteiger charge is -2.15. The molecule has 17 heavy (non-hydrogen) atoms. The molecule has 0 saturated carbocycles. The fraction of sp³-hybridized carbons (Fsp3) is 0.333. The van der Waals surface area contributed by atoms with Crippen molar-refractivity contribution in [2.24, 2.45) is 5.92 Å². The van der Waals surface area contributed by atoms with E-state index in [9.17, 15) is 4.79 Å². The zero-order valence-electron chi connectivity index (χ0n) is 9.50. The molecule has 0 spiro atoms. The normalized spacial score (nSPS) is 12.0. The first kappa shape index (κ1) is 14.3. The number of nitrogens with zero attached hydrogens (tertiary/aromatic N) is 1. The molecule has 0 aliphatic rings. The molecule has 0 aliphatic heterocycles. The topological polar surface area (TPSA) is 52.9 Å². The molecular weight excluding hydrogens is 351 g/mol. The van der Waals surface area contributed by atoms with Crippen LogP contribution in [0.1, 0.15) is 24.2 Å². The van der Waals surface area contributed by atoms with E-state index in [0.29, 0.717) is 10.6 Å². The minimum Gasteiger partial charge on any atom is -0.336 e. The van der Waals surface area contributed by atoms with Crippen LogP contribution in [0.2, 0.25) is 5.02 Å². The van der Waals surface area contributed by atoms with Gasteiger partial charge in [0, 0.05) is 9.13 Å². The molecule has 0 aliphatic carbocycles. The van der Waals surface area contributed by atoms with E-state index in [1.165, 1.54) is 0 Å². The summed E-state index contributed by atoms with van der Waals surface area (Å²) in [7, 11) is 0. The fourth-order valence-electron chi connectivity index (χ4n) is 1.21.